The normalized spacial score (nSPS) is 10.9. The summed E-state index contributed by atoms with van der Waals surface area (Å²) in [7, 11) is 1.72. The van der Waals surface area contributed by atoms with Crippen LogP contribution in [0.5, 0.6) is 5.88 Å². The molecule has 0 aliphatic carbocycles. The number of nitrogens with zero attached hydrogens (tertiary/aromatic N) is 8. The number of thioether (sulfide) groups is 1. The maximum Gasteiger partial charge on any atom is 0.231 e. The van der Waals surface area contributed by atoms with E-state index in [4.69, 9.17) is 4.74 Å². The zero-order valence-electron chi connectivity index (χ0n) is 15.5. The Morgan fingerprint density at radius 3 is 2.79 bits per heavy atom. The molecular weight excluding hydrogens is 394 g/mol. The number of aryl methyl sites for hydroxylation is 1. The molecule has 3 heterocycles. The summed E-state index contributed by atoms with van der Waals surface area (Å²) in [4.78, 5) is 11.9. The molecule has 0 atom stereocenters. The van der Waals surface area contributed by atoms with Crippen LogP contribution in [0.2, 0.25) is 0 Å². The Morgan fingerprint density at radius 2 is 2.00 bits per heavy atom. The number of carbonyl (C=O) groups excluding carboxylic acids is 1. The van der Waals surface area contributed by atoms with E-state index in [0.29, 0.717) is 29.1 Å². The van der Waals surface area contributed by atoms with E-state index in [1.165, 1.54) is 16.4 Å². The lowest BCUT2D eigenvalue weighted by atomic mass is 10.2. The standard InChI is InChI=1S/C17H17N9O2S/c1-25-17(21-23-24-25)29-11-14(27)18-9-10-28-15-8-7-13-19-20-16(26(13)22-15)12-5-3-2-4-6-12/h2-8H,9-11H2,1H3,(H,18,27). The van der Waals surface area contributed by atoms with Crippen molar-refractivity contribution in [1.82, 2.24) is 45.3 Å². The molecule has 1 aromatic carbocycles. The third kappa shape index (κ3) is 4.48. The lowest BCUT2D eigenvalue weighted by molar-refractivity contribution is -0.118. The average molecular weight is 411 g/mol. The lowest BCUT2D eigenvalue weighted by Crippen LogP contribution is -2.29. The summed E-state index contributed by atoms with van der Waals surface area (Å²) in [5, 5.41) is 27.2. The van der Waals surface area contributed by atoms with Gasteiger partial charge in [0.15, 0.2) is 11.5 Å². The first-order chi connectivity index (χ1) is 14.2. The fourth-order valence-corrected chi connectivity index (χ4v) is 3.17. The van der Waals surface area contributed by atoms with Gasteiger partial charge in [-0.25, -0.2) is 4.68 Å². The third-order valence-electron chi connectivity index (χ3n) is 3.86. The van der Waals surface area contributed by atoms with Crippen LogP contribution in [0.1, 0.15) is 0 Å². The van der Waals surface area contributed by atoms with Crippen molar-refractivity contribution in [2.75, 3.05) is 18.9 Å². The Morgan fingerprint density at radius 1 is 1.14 bits per heavy atom. The summed E-state index contributed by atoms with van der Waals surface area (Å²) in [6.45, 7) is 0.632. The van der Waals surface area contributed by atoms with E-state index < -0.39 is 0 Å². The smallest absolute Gasteiger partial charge is 0.231 e. The number of benzene rings is 1. The summed E-state index contributed by atoms with van der Waals surface area (Å²) in [6, 6.07) is 13.2. The van der Waals surface area contributed by atoms with Gasteiger partial charge < -0.3 is 10.1 Å². The molecule has 12 heteroatoms. The number of ether oxygens (including phenoxy) is 1. The quantitative estimate of drug-likeness (QED) is 0.328. The van der Waals surface area contributed by atoms with Gasteiger partial charge in [0.2, 0.25) is 16.9 Å². The van der Waals surface area contributed by atoms with Crippen molar-refractivity contribution in [3.63, 3.8) is 0 Å². The third-order valence-corrected chi connectivity index (χ3v) is 4.87. The van der Waals surface area contributed by atoms with Gasteiger partial charge in [0.25, 0.3) is 0 Å². The molecule has 29 heavy (non-hydrogen) atoms. The van der Waals surface area contributed by atoms with E-state index in [1.807, 2.05) is 30.3 Å². The maximum absolute atomic E-state index is 11.9. The van der Waals surface area contributed by atoms with Crippen molar-refractivity contribution < 1.29 is 9.53 Å². The highest BCUT2D eigenvalue weighted by Crippen LogP contribution is 2.18. The maximum atomic E-state index is 11.9. The van der Waals surface area contributed by atoms with E-state index in [9.17, 15) is 4.79 Å². The van der Waals surface area contributed by atoms with Crippen molar-refractivity contribution in [2.45, 2.75) is 5.16 Å². The van der Waals surface area contributed by atoms with Crippen molar-refractivity contribution in [2.24, 2.45) is 7.05 Å². The second kappa shape index (κ2) is 8.65. The van der Waals surface area contributed by atoms with Gasteiger partial charge in [-0.3, -0.25) is 4.79 Å². The van der Waals surface area contributed by atoms with Crippen molar-refractivity contribution >= 4 is 23.3 Å². The molecule has 0 saturated heterocycles. The predicted octanol–water partition coefficient (Wildman–Crippen LogP) is 0.602. The van der Waals surface area contributed by atoms with Crippen LogP contribution < -0.4 is 10.1 Å². The van der Waals surface area contributed by atoms with Crippen LogP contribution in [0.4, 0.5) is 0 Å². The molecule has 1 amide bonds. The zero-order chi connectivity index (χ0) is 20.1. The number of hydrogen-bond donors (Lipinski definition) is 1. The molecule has 0 saturated carbocycles. The lowest BCUT2D eigenvalue weighted by Gasteiger charge is -2.07. The van der Waals surface area contributed by atoms with E-state index in [0.717, 1.165) is 5.56 Å². The summed E-state index contributed by atoms with van der Waals surface area (Å²) in [5.41, 5.74) is 1.53. The van der Waals surface area contributed by atoms with Crippen LogP contribution in [0.25, 0.3) is 17.0 Å². The molecule has 3 aromatic heterocycles. The van der Waals surface area contributed by atoms with Crippen LogP contribution in [0.15, 0.2) is 47.6 Å². The van der Waals surface area contributed by atoms with Gasteiger partial charge >= 0.3 is 0 Å². The summed E-state index contributed by atoms with van der Waals surface area (Å²) in [6.07, 6.45) is 0. The van der Waals surface area contributed by atoms with E-state index in [1.54, 1.807) is 23.7 Å². The molecule has 0 unspecified atom stereocenters. The fraction of sp³-hybridized carbons (Fsp3) is 0.235. The monoisotopic (exact) mass is 411 g/mol. The fourth-order valence-electron chi connectivity index (χ4n) is 2.49. The molecule has 4 rings (SSSR count). The van der Waals surface area contributed by atoms with Crippen molar-refractivity contribution in [3.05, 3.63) is 42.5 Å². The topological polar surface area (TPSA) is 125 Å². The zero-order valence-corrected chi connectivity index (χ0v) is 16.3. The number of aromatic nitrogens is 8. The van der Waals surface area contributed by atoms with Crippen molar-refractivity contribution in [3.8, 4) is 17.3 Å². The first-order valence-corrected chi connectivity index (χ1v) is 9.72. The second-order valence-electron chi connectivity index (χ2n) is 5.90. The van der Waals surface area contributed by atoms with Gasteiger partial charge in [0.1, 0.15) is 6.61 Å². The average Bonchev–Trinajstić information content (AvgIpc) is 3.36. The highest BCUT2D eigenvalue weighted by molar-refractivity contribution is 7.99. The molecule has 0 bridgehead atoms. The van der Waals surface area contributed by atoms with Gasteiger partial charge in [-0.2, -0.15) is 4.52 Å². The first kappa shape index (κ1) is 18.8. The predicted molar refractivity (Wildman–Crippen MR) is 104 cm³/mol. The van der Waals surface area contributed by atoms with E-state index in [2.05, 4.69) is 36.1 Å². The van der Waals surface area contributed by atoms with Gasteiger partial charge in [0.05, 0.1) is 12.3 Å². The van der Waals surface area contributed by atoms with E-state index in [-0.39, 0.29) is 18.3 Å². The number of nitrogens with one attached hydrogen (secondary N) is 1. The number of carbonyl (C=O) groups is 1. The number of fused-ring (bicyclic) bond motifs is 1. The minimum absolute atomic E-state index is 0.129. The minimum Gasteiger partial charge on any atom is -0.475 e. The van der Waals surface area contributed by atoms with E-state index >= 15 is 0 Å². The molecule has 4 aromatic rings. The van der Waals surface area contributed by atoms with Crippen LogP contribution in [0, 0.1) is 0 Å². The number of rotatable bonds is 8. The van der Waals surface area contributed by atoms with Crippen LogP contribution in [0.3, 0.4) is 0 Å². The highest BCUT2D eigenvalue weighted by Gasteiger charge is 2.10. The molecule has 0 radical (unpaired) electrons. The molecule has 148 valence electrons. The highest BCUT2D eigenvalue weighted by atomic mass is 32.2. The Balaban J connectivity index is 1.30. The Bertz CT molecular complexity index is 1110. The largest absolute Gasteiger partial charge is 0.475 e. The van der Waals surface area contributed by atoms with Crippen LogP contribution in [-0.4, -0.2) is 64.8 Å². The second-order valence-corrected chi connectivity index (χ2v) is 6.85. The van der Waals surface area contributed by atoms with Crippen LogP contribution in [-0.2, 0) is 11.8 Å². The van der Waals surface area contributed by atoms with Crippen molar-refractivity contribution in [1.29, 1.82) is 0 Å². The molecule has 0 fully saturated rings. The van der Waals surface area contributed by atoms with Gasteiger partial charge in [-0.1, -0.05) is 42.1 Å². The van der Waals surface area contributed by atoms with Gasteiger partial charge in [0, 0.05) is 18.7 Å². The molecule has 0 aliphatic rings. The number of amides is 1. The van der Waals surface area contributed by atoms with Crippen LogP contribution >= 0.6 is 11.8 Å². The summed E-state index contributed by atoms with van der Waals surface area (Å²) in [5.74, 6) is 1.15. The SMILES string of the molecule is Cn1nnnc1SCC(=O)NCCOc1ccc2nnc(-c3ccccc3)n2n1. The first-order valence-electron chi connectivity index (χ1n) is 8.73. The Kier molecular flexibility index (Phi) is 5.61. The minimum atomic E-state index is -0.129. The molecular formula is C17H17N9O2S. The Hall–Kier alpha value is -3.54. The summed E-state index contributed by atoms with van der Waals surface area (Å²) < 4.78 is 8.79. The molecule has 0 aliphatic heterocycles. The summed E-state index contributed by atoms with van der Waals surface area (Å²) >= 11 is 1.26. The number of tetrazole rings is 1. The number of hydrogen-bond acceptors (Lipinski definition) is 9. The van der Waals surface area contributed by atoms with Gasteiger partial charge in [-0.05, 0) is 16.5 Å². The van der Waals surface area contributed by atoms with Gasteiger partial charge in [-0.15, -0.1) is 20.4 Å². The Labute approximate surface area is 169 Å². The molecule has 1 N–H and O–H groups in total. The molecule has 11 nitrogen and oxygen atoms in total. The molecule has 0 spiro atoms.